The van der Waals surface area contributed by atoms with Crippen LogP contribution >= 0.6 is 11.3 Å². The van der Waals surface area contributed by atoms with E-state index >= 15 is 0 Å². The highest BCUT2D eigenvalue weighted by Gasteiger charge is 2.18. The van der Waals surface area contributed by atoms with Gasteiger partial charge < -0.3 is 4.74 Å². The molecule has 0 N–H and O–H groups in total. The van der Waals surface area contributed by atoms with Crippen LogP contribution in [0.4, 0.5) is 0 Å². The van der Waals surface area contributed by atoms with E-state index in [4.69, 9.17) is 4.74 Å². The summed E-state index contributed by atoms with van der Waals surface area (Å²) in [4.78, 5) is 13.1. The summed E-state index contributed by atoms with van der Waals surface area (Å²) in [5.74, 6) is -0.247. The predicted octanol–water partition coefficient (Wildman–Crippen LogP) is 4.29. The second-order valence-corrected chi connectivity index (χ2v) is 6.46. The Kier molecular flexibility index (Phi) is 4.05. The molecule has 2 aromatic rings. The van der Waals surface area contributed by atoms with E-state index in [1.165, 1.54) is 10.4 Å². The number of esters is 1. The van der Waals surface area contributed by atoms with Crippen LogP contribution in [0.2, 0.25) is 0 Å². The normalized spacial score (nSPS) is 11.3. The summed E-state index contributed by atoms with van der Waals surface area (Å²) in [6.07, 6.45) is 0.855. The SMILES string of the molecule is CC(C)(C)OC(=O)c1csc(Cc2ccccc2)c1. The van der Waals surface area contributed by atoms with Crippen molar-refractivity contribution < 1.29 is 9.53 Å². The summed E-state index contributed by atoms with van der Waals surface area (Å²) < 4.78 is 5.36. The molecule has 0 fully saturated rings. The number of carbonyl (C=O) groups is 1. The lowest BCUT2D eigenvalue weighted by atomic mass is 10.1. The van der Waals surface area contributed by atoms with Gasteiger partial charge in [0.15, 0.2) is 0 Å². The third kappa shape index (κ3) is 4.21. The molecule has 3 heteroatoms. The van der Waals surface area contributed by atoms with E-state index in [1.54, 1.807) is 11.3 Å². The number of hydrogen-bond acceptors (Lipinski definition) is 3. The van der Waals surface area contributed by atoms with Crippen molar-refractivity contribution in [3.8, 4) is 0 Å². The molecule has 0 aliphatic carbocycles. The van der Waals surface area contributed by atoms with E-state index in [1.807, 2.05) is 50.4 Å². The van der Waals surface area contributed by atoms with Gasteiger partial charge >= 0.3 is 5.97 Å². The highest BCUT2D eigenvalue weighted by Crippen LogP contribution is 2.21. The maximum absolute atomic E-state index is 11.9. The first kappa shape index (κ1) is 13.8. The average molecular weight is 274 g/mol. The minimum Gasteiger partial charge on any atom is -0.456 e. The van der Waals surface area contributed by atoms with Gasteiger partial charge in [-0.1, -0.05) is 30.3 Å². The summed E-state index contributed by atoms with van der Waals surface area (Å²) in [6, 6.07) is 12.2. The van der Waals surface area contributed by atoms with Crippen molar-refractivity contribution in [3.63, 3.8) is 0 Å². The lowest BCUT2D eigenvalue weighted by molar-refractivity contribution is 0.00701. The van der Waals surface area contributed by atoms with Gasteiger partial charge in [-0.05, 0) is 32.4 Å². The van der Waals surface area contributed by atoms with Crippen LogP contribution in [0.3, 0.4) is 0 Å². The Morgan fingerprint density at radius 3 is 2.53 bits per heavy atom. The molecule has 1 heterocycles. The summed E-state index contributed by atoms with van der Waals surface area (Å²) in [5.41, 5.74) is 1.45. The first-order valence-electron chi connectivity index (χ1n) is 6.29. The van der Waals surface area contributed by atoms with Crippen LogP contribution in [0.25, 0.3) is 0 Å². The zero-order valence-corrected chi connectivity index (χ0v) is 12.3. The molecule has 0 unspecified atom stereocenters. The Morgan fingerprint density at radius 1 is 1.21 bits per heavy atom. The minimum absolute atomic E-state index is 0.247. The highest BCUT2D eigenvalue weighted by molar-refractivity contribution is 7.10. The van der Waals surface area contributed by atoms with Crippen LogP contribution in [-0.4, -0.2) is 11.6 Å². The number of ether oxygens (including phenoxy) is 1. The molecule has 100 valence electrons. The Bertz CT molecular complexity index is 550. The monoisotopic (exact) mass is 274 g/mol. The maximum atomic E-state index is 11.9. The first-order chi connectivity index (χ1) is 8.94. The van der Waals surface area contributed by atoms with Crippen molar-refractivity contribution in [1.82, 2.24) is 0 Å². The topological polar surface area (TPSA) is 26.3 Å². The van der Waals surface area contributed by atoms with Crippen LogP contribution in [0.15, 0.2) is 41.8 Å². The van der Waals surface area contributed by atoms with Gasteiger partial charge in [0.05, 0.1) is 5.56 Å². The van der Waals surface area contributed by atoms with Crippen molar-refractivity contribution in [3.05, 3.63) is 57.8 Å². The Hall–Kier alpha value is -1.61. The van der Waals surface area contributed by atoms with Crippen LogP contribution in [0.1, 0.15) is 41.6 Å². The Morgan fingerprint density at radius 2 is 1.89 bits per heavy atom. The fourth-order valence-corrected chi connectivity index (χ4v) is 2.60. The lowest BCUT2D eigenvalue weighted by Crippen LogP contribution is -2.23. The third-order valence-corrected chi connectivity index (χ3v) is 3.45. The van der Waals surface area contributed by atoms with E-state index in [-0.39, 0.29) is 5.97 Å². The van der Waals surface area contributed by atoms with E-state index in [9.17, 15) is 4.79 Å². The third-order valence-electron chi connectivity index (χ3n) is 2.51. The largest absolute Gasteiger partial charge is 0.456 e. The molecule has 0 saturated heterocycles. The number of rotatable bonds is 3. The summed E-state index contributed by atoms with van der Waals surface area (Å²) in [7, 11) is 0. The van der Waals surface area contributed by atoms with Crippen molar-refractivity contribution in [2.75, 3.05) is 0 Å². The molecule has 2 rings (SSSR count). The molecule has 2 nitrogen and oxygen atoms in total. The summed E-state index contributed by atoms with van der Waals surface area (Å²) in [5, 5.41) is 1.87. The molecule has 19 heavy (non-hydrogen) atoms. The number of thiophene rings is 1. The number of benzene rings is 1. The van der Waals surface area contributed by atoms with Crippen LogP contribution in [0, 0.1) is 0 Å². The van der Waals surface area contributed by atoms with Gasteiger partial charge in [0.25, 0.3) is 0 Å². The first-order valence-corrected chi connectivity index (χ1v) is 7.17. The van der Waals surface area contributed by atoms with Gasteiger partial charge in [-0.15, -0.1) is 11.3 Å². The van der Waals surface area contributed by atoms with Crippen molar-refractivity contribution in [2.24, 2.45) is 0 Å². The van der Waals surface area contributed by atoms with Gasteiger partial charge in [-0.3, -0.25) is 0 Å². The molecule has 0 bridgehead atoms. The van der Waals surface area contributed by atoms with Gasteiger partial charge in [0.2, 0.25) is 0 Å². The predicted molar refractivity (Wildman–Crippen MR) is 78.7 cm³/mol. The summed E-state index contributed by atoms with van der Waals surface area (Å²) in [6.45, 7) is 5.63. The minimum atomic E-state index is -0.446. The van der Waals surface area contributed by atoms with Gasteiger partial charge in [0.1, 0.15) is 5.60 Å². The van der Waals surface area contributed by atoms with Gasteiger partial charge in [-0.2, -0.15) is 0 Å². The Balaban J connectivity index is 2.05. The van der Waals surface area contributed by atoms with Crippen LogP contribution in [0.5, 0.6) is 0 Å². The number of carbonyl (C=O) groups excluding carboxylic acids is 1. The van der Waals surface area contributed by atoms with Crippen LogP contribution < -0.4 is 0 Å². The van der Waals surface area contributed by atoms with Gasteiger partial charge in [0, 0.05) is 16.7 Å². The molecule has 0 spiro atoms. The Labute approximate surface area is 118 Å². The standard InChI is InChI=1S/C16H18O2S/c1-16(2,3)18-15(17)13-10-14(19-11-13)9-12-7-5-4-6-8-12/h4-8,10-11H,9H2,1-3H3. The second kappa shape index (κ2) is 5.57. The quantitative estimate of drug-likeness (QED) is 0.780. The molecule has 0 aliphatic heterocycles. The highest BCUT2D eigenvalue weighted by atomic mass is 32.1. The molecule has 0 radical (unpaired) electrons. The molecule has 1 aromatic carbocycles. The average Bonchev–Trinajstić information content (AvgIpc) is 2.77. The second-order valence-electron chi connectivity index (χ2n) is 5.47. The molecule has 0 aliphatic rings. The smallest absolute Gasteiger partial charge is 0.339 e. The lowest BCUT2D eigenvalue weighted by Gasteiger charge is -2.18. The van der Waals surface area contributed by atoms with Crippen molar-refractivity contribution in [1.29, 1.82) is 0 Å². The molecule has 0 saturated carbocycles. The molecule has 0 amide bonds. The maximum Gasteiger partial charge on any atom is 0.339 e. The molecular formula is C16H18O2S. The zero-order chi connectivity index (χ0) is 13.9. The fraction of sp³-hybridized carbons (Fsp3) is 0.312. The fourth-order valence-electron chi connectivity index (χ4n) is 1.71. The van der Waals surface area contributed by atoms with E-state index in [0.717, 1.165) is 6.42 Å². The number of hydrogen-bond donors (Lipinski definition) is 0. The van der Waals surface area contributed by atoms with Crippen molar-refractivity contribution >= 4 is 17.3 Å². The van der Waals surface area contributed by atoms with E-state index < -0.39 is 5.60 Å². The van der Waals surface area contributed by atoms with E-state index in [2.05, 4.69) is 12.1 Å². The molecule has 0 atom stereocenters. The zero-order valence-electron chi connectivity index (χ0n) is 11.5. The van der Waals surface area contributed by atoms with Crippen LogP contribution in [-0.2, 0) is 11.2 Å². The molecular weight excluding hydrogens is 256 g/mol. The summed E-state index contributed by atoms with van der Waals surface area (Å²) >= 11 is 1.60. The van der Waals surface area contributed by atoms with Crippen molar-refractivity contribution in [2.45, 2.75) is 32.8 Å². The molecule has 1 aromatic heterocycles. The van der Waals surface area contributed by atoms with E-state index in [0.29, 0.717) is 5.56 Å². The van der Waals surface area contributed by atoms with Gasteiger partial charge in [-0.25, -0.2) is 4.79 Å².